The Hall–Kier alpha value is -0.540. The zero-order valence-electron chi connectivity index (χ0n) is 9.92. The van der Waals surface area contributed by atoms with E-state index in [1.165, 1.54) is 31.2 Å². The molecule has 2 saturated carbocycles. The third-order valence-corrected chi connectivity index (χ3v) is 3.85. The summed E-state index contributed by atoms with van der Waals surface area (Å²) < 4.78 is 7.04. The number of ether oxygens (including phenoxy) is 1. The van der Waals surface area contributed by atoms with Gasteiger partial charge in [0.05, 0.1) is 6.61 Å². The highest BCUT2D eigenvalue weighted by Gasteiger charge is 2.23. The second-order valence-electron chi connectivity index (χ2n) is 5.16. The van der Waals surface area contributed by atoms with E-state index in [1.54, 1.807) is 0 Å². The number of nitrogens with one attached hydrogen (secondary N) is 1. The van der Waals surface area contributed by atoms with Gasteiger partial charge in [-0.2, -0.15) is 0 Å². The molecule has 2 fully saturated rings. The monoisotopic (exact) mass is 295 g/mol. The van der Waals surface area contributed by atoms with E-state index < -0.39 is 0 Å². The molecule has 1 N–H and O–H groups in total. The van der Waals surface area contributed by atoms with E-state index in [0.29, 0.717) is 0 Å². The number of halogens is 1. The lowest BCUT2D eigenvalue weighted by atomic mass is 10.2. The van der Waals surface area contributed by atoms with Crippen molar-refractivity contribution in [3.05, 3.63) is 28.2 Å². The molecule has 1 aromatic carbocycles. The van der Waals surface area contributed by atoms with Crippen molar-refractivity contribution >= 4 is 15.9 Å². The first-order valence-electron chi connectivity index (χ1n) is 6.46. The van der Waals surface area contributed by atoms with Gasteiger partial charge in [-0.25, -0.2) is 0 Å². The Morgan fingerprint density at radius 1 is 1.24 bits per heavy atom. The summed E-state index contributed by atoms with van der Waals surface area (Å²) in [6.07, 6.45) is 5.33. The Morgan fingerprint density at radius 2 is 2.06 bits per heavy atom. The summed E-state index contributed by atoms with van der Waals surface area (Å²) in [7, 11) is 0. The molecule has 2 aliphatic carbocycles. The van der Waals surface area contributed by atoms with Gasteiger partial charge in [-0.15, -0.1) is 0 Å². The minimum atomic E-state index is 0.741. The molecule has 92 valence electrons. The van der Waals surface area contributed by atoms with Crippen LogP contribution in [0.4, 0.5) is 0 Å². The molecule has 3 rings (SSSR count). The van der Waals surface area contributed by atoms with Crippen molar-refractivity contribution in [3.8, 4) is 5.75 Å². The van der Waals surface area contributed by atoms with Crippen molar-refractivity contribution < 1.29 is 4.74 Å². The van der Waals surface area contributed by atoms with Crippen LogP contribution in [0, 0.1) is 5.92 Å². The van der Waals surface area contributed by atoms with E-state index in [9.17, 15) is 0 Å². The Morgan fingerprint density at radius 3 is 2.76 bits per heavy atom. The first kappa shape index (κ1) is 11.5. The van der Waals surface area contributed by atoms with Crippen LogP contribution in [-0.4, -0.2) is 12.6 Å². The van der Waals surface area contributed by atoms with Crippen molar-refractivity contribution in [1.82, 2.24) is 5.32 Å². The van der Waals surface area contributed by atoms with Gasteiger partial charge < -0.3 is 10.1 Å². The molecule has 1 aromatic rings. The zero-order valence-corrected chi connectivity index (χ0v) is 11.5. The Bertz CT molecular complexity index is 399. The predicted octanol–water partition coefficient (Wildman–Crippen LogP) is 3.49. The number of hydrogen-bond donors (Lipinski definition) is 1. The Labute approximate surface area is 111 Å². The lowest BCUT2D eigenvalue weighted by molar-refractivity contribution is 0.296. The summed E-state index contributed by atoms with van der Waals surface area (Å²) in [6, 6.07) is 7.04. The van der Waals surface area contributed by atoms with Crippen LogP contribution in [0.25, 0.3) is 0 Å². The van der Waals surface area contributed by atoms with Gasteiger partial charge in [0.2, 0.25) is 0 Å². The topological polar surface area (TPSA) is 21.3 Å². The molecule has 2 nitrogen and oxygen atoms in total. The summed E-state index contributed by atoms with van der Waals surface area (Å²) in [5.74, 6) is 1.86. The van der Waals surface area contributed by atoms with Gasteiger partial charge in [-0.05, 0) is 49.8 Å². The first-order chi connectivity index (χ1) is 8.31. The van der Waals surface area contributed by atoms with Gasteiger partial charge in [0.15, 0.2) is 0 Å². The lowest BCUT2D eigenvalue weighted by Gasteiger charge is -2.12. The molecule has 0 heterocycles. The zero-order chi connectivity index (χ0) is 11.7. The summed E-state index contributed by atoms with van der Waals surface area (Å²) in [4.78, 5) is 0. The minimum absolute atomic E-state index is 0.741. The fraction of sp³-hybridized carbons (Fsp3) is 0.571. The summed E-state index contributed by atoms with van der Waals surface area (Å²) in [6.45, 7) is 1.81. The van der Waals surface area contributed by atoms with E-state index in [1.807, 2.05) is 0 Å². The van der Waals surface area contributed by atoms with Gasteiger partial charge in [0.25, 0.3) is 0 Å². The molecular weight excluding hydrogens is 278 g/mol. The average Bonchev–Trinajstić information content (AvgIpc) is 3.18. The largest absolute Gasteiger partial charge is 0.493 e. The molecule has 17 heavy (non-hydrogen) atoms. The van der Waals surface area contributed by atoms with Crippen LogP contribution in [0.15, 0.2) is 22.7 Å². The highest BCUT2D eigenvalue weighted by atomic mass is 79.9. The van der Waals surface area contributed by atoms with Gasteiger partial charge in [-0.1, -0.05) is 15.9 Å². The molecule has 2 aliphatic rings. The van der Waals surface area contributed by atoms with Crippen LogP contribution < -0.4 is 10.1 Å². The number of hydrogen-bond acceptors (Lipinski definition) is 2. The van der Waals surface area contributed by atoms with Gasteiger partial charge in [0.1, 0.15) is 5.75 Å². The van der Waals surface area contributed by atoms with E-state index in [0.717, 1.165) is 35.3 Å². The molecule has 0 amide bonds. The van der Waals surface area contributed by atoms with Gasteiger partial charge in [-0.3, -0.25) is 0 Å². The van der Waals surface area contributed by atoms with E-state index in [4.69, 9.17) is 4.74 Å². The molecule has 0 aliphatic heterocycles. The lowest BCUT2D eigenvalue weighted by Crippen LogP contribution is -2.16. The summed E-state index contributed by atoms with van der Waals surface area (Å²) >= 11 is 3.53. The molecule has 0 bridgehead atoms. The molecule has 0 aromatic heterocycles. The van der Waals surface area contributed by atoms with Crippen LogP contribution in [0.5, 0.6) is 5.75 Å². The third kappa shape index (κ3) is 3.46. The van der Waals surface area contributed by atoms with Crippen LogP contribution in [0.1, 0.15) is 31.2 Å². The van der Waals surface area contributed by atoms with Gasteiger partial charge >= 0.3 is 0 Å². The van der Waals surface area contributed by atoms with Crippen molar-refractivity contribution in [1.29, 1.82) is 0 Å². The summed E-state index contributed by atoms with van der Waals surface area (Å²) in [5, 5.41) is 3.54. The fourth-order valence-corrected chi connectivity index (χ4v) is 2.27. The Balaban J connectivity index is 1.64. The second kappa shape index (κ2) is 4.99. The normalized spacial score (nSPS) is 19.4. The molecule has 0 radical (unpaired) electrons. The van der Waals surface area contributed by atoms with Crippen molar-refractivity contribution in [2.24, 2.45) is 5.92 Å². The second-order valence-corrected chi connectivity index (χ2v) is 6.08. The maximum atomic E-state index is 5.91. The summed E-state index contributed by atoms with van der Waals surface area (Å²) in [5.41, 5.74) is 1.27. The highest BCUT2D eigenvalue weighted by Crippen LogP contribution is 2.31. The van der Waals surface area contributed by atoms with Crippen LogP contribution in [-0.2, 0) is 6.54 Å². The Kier molecular flexibility index (Phi) is 3.39. The van der Waals surface area contributed by atoms with Crippen LogP contribution in [0.3, 0.4) is 0 Å². The van der Waals surface area contributed by atoms with E-state index >= 15 is 0 Å². The van der Waals surface area contributed by atoms with Crippen LogP contribution >= 0.6 is 15.9 Å². The smallest absolute Gasteiger partial charge is 0.123 e. The molecule has 0 unspecified atom stereocenters. The number of rotatable bonds is 6. The standard InChI is InChI=1S/C14H18BrNO/c15-12-3-6-14(17-9-10-1-2-10)11(7-12)8-16-13-4-5-13/h3,6-7,10,13,16H,1-2,4-5,8-9H2. The third-order valence-electron chi connectivity index (χ3n) is 3.35. The van der Waals surface area contributed by atoms with Gasteiger partial charge in [0, 0.05) is 22.6 Å². The van der Waals surface area contributed by atoms with Crippen molar-refractivity contribution in [2.75, 3.05) is 6.61 Å². The molecular formula is C14H18BrNO. The number of benzene rings is 1. The molecule has 0 saturated heterocycles. The molecule has 0 spiro atoms. The average molecular weight is 296 g/mol. The van der Waals surface area contributed by atoms with E-state index in [-0.39, 0.29) is 0 Å². The molecule has 3 heteroatoms. The van der Waals surface area contributed by atoms with E-state index in [2.05, 4.69) is 39.4 Å². The maximum absolute atomic E-state index is 5.91. The quantitative estimate of drug-likeness (QED) is 0.867. The van der Waals surface area contributed by atoms with Crippen molar-refractivity contribution in [2.45, 2.75) is 38.3 Å². The SMILES string of the molecule is Brc1ccc(OCC2CC2)c(CNC2CC2)c1. The first-order valence-corrected chi connectivity index (χ1v) is 7.25. The fourth-order valence-electron chi connectivity index (χ4n) is 1.86. The van der Waals surface area contributed by atoms with Crippen LogP contribution in [0.2, 0.25) is 0 Å². The van der Waals surface area contributed by atoms with Crippen molar-refractivity contribution in [3.63, 3.8) is 0 Å². The maximum Gasteiger partial charge on any atom is 0.123 e. The predicted molar refractivity (Wildman–Crippen MR) is 72.2 cm³/mol. The molecule has 0 atom stereocenters. The highest BCUT2D eigenvalue weighted by molar-refractivity contribution is 9.10. The minimum Gasteiger partial charge on any atom is -0.493 e.